The molecule has 0 aliphatic carbocycles. The maximum atomic E-state index is 12.6. The summed E-state index contributed by atoms with van der Waals surface area (Å²) < 4.78 is 26.9. The molecule has 4 nitrogen and oxygen atoms in total. The highest BCUT2D eigenvalue weighted by Crippen LogP contribution is 2.19. The molecule has 0 radical (unpaired) electrons. The van der Waals surface area contributed by atoms with Crippen LogP contribution in [-0.4, -0.2) is 31.9 Å². The van der Waals surface area contributed by atoms with Crippen LogP contribution in [0.15, 0.2) is 29.2 Å². The summed E-state index contributed by atoms with van der Waals surface area (Å²) in [5.41, 5.74) is 1.11. The summed E-state index contributed by atoms with van der Waals surface area (Å²) in [6.45, 7) is 10.2. The standard InChI is InChI=1S/C16H28N2O2S/c1-5-11-17-13-15-7-9-16(10-8-15)21(19,20)18(12-6-2)14(3)4/h7-10,14,17H,5-6,11-13H2,1-4H3. The number of rotatable bonds is 9. The van der Waals surface area contributed by atoms with Crippen molar-refractivity contribution in [2.45, 2.75) is 58.0 Å². The van der Waals surface area contributed by atoms with Crippen molar-refractivity contribution in [1.82, 2.24) is 9.62 Å². The lowest BCUT2D eigenvalue weighted by molar-refractivity contribution is 0.354. The zero-order chi connectivity index (χ0) is 15.9. The van der Waals surface area contributed by atoms with Crippen LogP contribution < -0.4 is 5.32 Å². The Morgan fingerprint density at radius 2 is 1.71 bits per heavy atom. The first kappa shape index (κ1) is 18.1. The summed E-state index contributed by atoms with van der Waals surface area (Å²) >= 11 is 0. The van der Waals surface area contributed by atoms with Crippen LogP contribution in [-0.2, 0) is 16.6 Å². The van der Waals surface area contributed by atoms with E-state index in [-0.39, 0.29) is 6.04 Å². The summed E-state index contributed by atoms with van der Waals surface area (Å²) in [6.07, 6.45) is 1.91. The van der Waals surface area contributed by atoms with Crippen molar-refractivity contribution in [3.63, 3.8) is 0 Å². The topological polar surface area (TPSA) is 49.4 Å². The van der Waals surface area contributed by atoms with Gasteiger partial charge in [-0.1, -0.05) is 26.0 Å². The molecule has 1 N–H and O–H groups in total. The molecule has 0 atom stereocenters. The van der Waals surface area contributed by atoms with Crippen LogP contribution in [0.5, 0.6) is 0 Å². The largest absolute Gasteiger partial charge is 0.313 e. The monoisotopic (exact) mass is 312 g/mol. The molecule has 0 saturated carbocycles. The van der Waals surface area contributed by atoms with Gasteiger partial charge in [-0.25, -0.2) is 8.42 Å². The van der Waals surface area contributed by atoms with Crippen molar-refractivity contribution in [2.24, 2.45) is 0 Å². The molecule has 5 heteroatoms. The number of hydrogen-bond acceptors (Lipinski definition) is 3. The summed E-state index contributed by atoms with van der Waals surface area (Å²) in [5, 5.41) is 3.31. The van der Waals surface area contributed by atoms with Crippen LogP contribution in [0.4, 0.5) is 0 Å². The number of benzene rings is 1. The van der Waals surface area contributed by atoms with Crippen LogP contribution in [0.25, 0.3) is 0 Å². The highest BCUT2D eigenvalue weighted by Gasteiger charge is 2.25. The normalized spacial score (nSPS) is 12.3. The smallest absolute Gasteiger partial charge is 0.243 e. The molecular weight excluding hydrogens is 284 g/mol. The number of nitrogens with zero attached hydrogens (tertiary/aromatic N) is 1. The Morgan fingerprint density at radius 1 is 1.10 bits per heavy atom. The molecule has 1 aromatic carbocycles. The first-order valence-corrected chi connectivity index (χ1v) is 9.19. The second-order valence-corrected chi connectivity index (χ2v) is 7.42. The van der Waals surface area contributed by atoms with Gasteiger partial charge in [0.15, 0.2) is 0 Å². The molecule has 1 rings (SSSR count). The Labute approximate surface area is 129 Å². The molecule has 0 aromatic heterocycles. The number of hydrogen-bond donors (Lipinski definition) is 1. The average molecular weight is 312 g/mol. The van der Waals surface area contributed by atoms with Crippen molar-refractivity contribution in [3.8, 4) is 0 Å². The zero-order valence-corrected chi connectivity index (χ0v) is 14.4. The van der Waals surface area contributed by atoms with Crippen molar-refractivity contribution < 1.29 is 8.42 Å². The third-order valence-electron chi connectivity index (χ3n) is 3.31. The predicted octanol–water partition coefficient (Wildman–Crippen LogP) is 3.00. The fourth-order valence-electron chi connectivity index (χ4n) is 2.20. The molecule has 120 valence electrons. The van der Waals surface area contributed by atoms with E-state index >= 15 is 0 Å². The molecule has 0 amide bonds. The highest BCUT2D eigenvalue weighted by molar-refractivity contribution is 7.89. The van der Waals surface area contributed by atoms with E-state index < -0.39 is 10.0 Å². The van der Waals surface area contributed by atoms with Crippen LogP contribution in [0.2, 0.25) is 0 Å². The van der Waals surface area contributed by atoms with Crippen molar-refractivity contribution in [2.75, 3.05) is 13.1 Å². The minimum Gasteiger partial charge on any atom is -0.313 e. The van der Waals surface area contributed by atoms with Gasteiger partial charge in [0.1, 0.15) is 0 Å². The Hall–Kier alpha value is -0.910. The SMILES string of the molecule is CCCNCc1ccc(S(=O)(=O)N(CCC)C(C)C)cc1. The van der Waals surface area contributed by atoms with E-state index in [1.54, 1.807) is 16.4 Å². The van der Waals surface area contributed by atoms with E-state index in [4.69, 9.17) is 0 Å². The molecule has 0 saturated heterocycles. The third-order valence-corrected chi connectivity index (χ3v) is 5.40. The Morgan fingerprint density at radius 3 is 2.19 bits per heavy atom. The van der Waals surface area contributed by atoms with E-state index in [1.807, 2.05) is 32.9 Å². The molecule has 0 spiro atoms. The molecule has 0 aliphatic heterocycles. The Kier molecular flexibility index (Phi) is 7.35. The zero-order valence-electron chi connectivity index (χ0n) is 13.6. The number of nitrogens with one attached hydrogen (secondary N) is 1. The lowest BCUT2D eigenvalue weighted by atomic mass is 10.2. The molecule has 0 bridgehead atoms. The molecule has 0 fully saturated rings. The van der Waals surface area contributed by atoms with E-state index in [0.717, 1.165) is 31.5 Å². The molecule has 0 unspecified atom stereocenters. The van der Waals surface area contributed by atoms with Gasteiger partial charge in [0, 0.05) is 19.1 Å². The van der Waals surface area contributed by atoms with Crippen molar-refractivity contribution in [1.29, 1.82) is 0 Å². The van der Waals surface area contributed by atoms with Crippen molar-refractivity contribution >= 4 is 10.0 Å². The fraction of sp³-hybridized carbons (Fsp3) is 0.625. The Bertz CT molecular complexity index is 510. The van der Waals surface area contributed by atoms with Gasteiger partial charge in [-0.15, -0.1) is 0 Å². The third kappa shape index (κ3) is 5.09. The van der Waals surface area contributed by atoms with Gasteiger partial charge in [-0.2, -0.15) is 4.31 Å². The molecule has 0 heterocycles. The van der Waals surface area contributed by atoms with E-state index in [0.29, 0.717) is 11.4 Å². The molecule has 21 heavy (non-hydrogen) atoms. The van der Waals surface area contributed by atoms with Gasteiger partial charge in [0.05, 0.1) is 4.90 Å². The summed E-state index contributed by atoms with van der Waals surface area (Å²) in [6, 6.07) is 7.17. The predicted molar refractivity (Wildman–Crippen MR) is 87.8 cm³/mol. The van der Waals surface area contributed by atoms with Crippen LogP contribution in [0, 0.1) is 0 Å². The first-order valence-electron chi connectivity index (χ1n) is 7.75. The molecule has 1 aromatic rings. The van der Waals surface area contributed by atoms with Crippen LogP contribution >= 0.6 is 0 Å². The van der Waals surface area contributed by atoms with Gasteiger partial charge < -0.3 is 5.32 Å². The van der Waals surface area contributed by atoms with Gasteiger partial charge in [-0.05, 0) is 50.9 Å². The number of sulfonamides is 1. The van der Waals surface area contributed by atoms with E-state index in [2.05, 4.69) is 12.2 Å². The van der Waals surface area contributed by atoms with Gasteiger partial charge in [0.2, 0.25) is 10.0 Å². The summed E-state index contributed by atoms with van der Waals surface area (Å²) in [5.74, 6) is 0. The van der Waals surface area contributed by atoms with Gasteiger partial charge >= 0.3 is 0 Å². The van der Waals surface area contributed by atoms with Crippen molar-refractivity contribution in [3.05, 3.63) is 29.8 Å². The summed E-state index contributed by atoms with van der Waals surface area (Å²) in [7, 11) is -3.39. The molecule has 0 aliphatic rings. The van der Waals surface area contributed by atoms with Gasteiger partial charge in [-0.3, -0.25) is 0 Å². The highest BCUT2D eigenvalue weighted by atomic mass is 32.2. The second-order valence-electron chi connectivity index (χ2n) is 5.53. The van der Waals surface area contributed by atoms with E-state index in [9.17, 15) is 8.42 Å². The maximum absolute atomic E-state index is 12.6. The lowest BCUT2D eigenvalue weighted by Gasteiger charge is -2.25. The maximum Gasteiger partial charge on any atom is 0.243 e. The fourth-order valence-corrected chi connectivity index (χ4v) is 3.93. The minimum atomic E-state index is -3.39. The van der Waals surface area contributed by atoms with E-state index in [1.165, 1.54) is 0 Å². The van der Waals surface area contributed by atoms with Crippen LogP contribution in [0.1, 0.15) is 46.1 Å². The Balaban J connectivity index is 2.88. The van der Waals surface area contributed by atoms with Crippen LogP contribution in [0.3, 0.4) is 0 Å². The second kappa shape index (κ2) is 8.51. The first-order chi connectivity index (χ1) is 9.93. The average Bonchev–Trinajstić information content (AvgIpc) is 2.45. The quantitative estimate of drug-likeness (QED) is 0.713. The van der Waals surface area contributed by atoms with Gasteiger partial charge in [0.25, 0.3) is 0 Å². The molecular formula is C16H28N2O2S. The summed E-state index contributed by atoms with van der Waals surface area (Å²) in [4.78, 5) is 0.379. The lowest BCUT2D eigenvalue weighted by Crippen LogP contribution is -2.37. The minimum absolute atomic E-state index is 0.0270.